The first-order chi connectivity index (χ1) is 9.10. The zero-order chi connectivity index (χ0) is 13.7. The van der Waals surface area contributed by atoms with Crippen LogP contribution in [-0.2, 0) is 4.79 Å². The Morgan fingerprint density at radius 3 is 2.53 bits per heavy atom. The Bertz CT molecular complexity index is 421. The fraction of sp³-hybridized carbons (Fsp3) is 0.562. The summed E-state index contributed by atoms with van der Waals surface area (Å²) >= 11 is 1.80. The Morgan fingerprint density at radius 2 is 1.89 bits per heavy atom. The summed E-state index contributed by atoms with van der Waals surface area (Å²) < 4.78 is 0. The first-order valence-electron chi connectivity index (χ1n) is 7.08. The fourth-order valence-electron chi connectivity index (χ4n) is 2.56. The van der Waals surface area contributed by atoms with Crippen molar-refractivity contribution in [2.24, 2.45) is 5.41 Å². The zero-order valence-corrected chi connectivity index (χ0v) is 12.7. The number of carbonyl (C=O) groups excluding carboxylic acids is 1. The van der Waals surface area contributed by atoms with Gasteiger partial charge in [-0.3, -0.25) is 4.79 Å². The standard InChI is InChI=1S/C16H23NOS/c1-13-5-7-14(8-6-13)19-12-11-17-15(18)16(2)9-3-4-10-16/h5-8H,3-4,9-12H2,1-2H3,(H,17,18). The van der Waals surface area contributed by atoms with Gasteiger partial charge in [-0.25, -0.2) is 0 Å². The molecule has 1 aliphatic rings. The summed E-state index contributed by atoms with van der Waals surface area (Å²) in [5, 5.41) is 3.09. The maximum absolute atomic E-state index is 12.1. The van der Waals surface area contributed by atoms with Gasteiger partial charge < -0.3 is 5.32 Å². The lowest BCUT2D eigenvalue weighted by Crippen LogP contribution is -2.38. The molecule has 104 valence electrons. The van der Waals surface area contributed by atoms with E-state index < -0.39 is 0 Å². The molecule has 1 fully saturated rings. The molecule has 1 aliphatic carbocycles. The molecule has 1 saturated carbocycles. The van der Waals surface area contributed by atoms with Crippen LogP contribution in [0.2, 0.25) is 0 Å². The maximum atomic E-state index is 12.1. The van der Waals surface area contributed by atoms with Gasteiger partial charge in [0, 0.05) is 22.6 Å². The minimum absolute atomic E-state index is 0.103. The number of benzene rings is 1. The SMILES string of the molecule is Cc1ccc(SCCNC(=O)C2(C)CCCC2)cc1. The summed E-state index contributed by atoms with van der Waals surface area (Å²) in [5.41, 5.74) is 1.18. The lowest BCUT2D eigenvalue weighted by molar-refractivity contribution is -0.129. The smallest absolute Gasteiger partial charge is 0.225 e. The second-order valence-electron chi connectivity index (χ2n) is 5.69. The number of aryl methyl sites for hydroxylation is 1. The molecule has 1 amide bonds. The van der Waals surface area contributed by atoms with Crippen LogP contribution in [0.4, 0.5) is 0 Å². The van der Waals surface area contributed by atoms with Gasteiger partial charge in [0.2, 0.25) is 5.91 Å². The molecule has 0 aromatic heterocycles. The van der Waals surface area contributed by atoms with Crippen LogP contribution in [-0.4, -0.2) is 18.2 Å². The molecule has 0 unspecified atom stereocenters. The Labute approximate surface area is 120 Å². The highest BCUT2D eigenvalue weighted by molar-refractivity contribution is 7.99. The lowest BCUT2D eigenvalue weighted by Gasteiger charge is -2.22. The van der Waals surface area contributed by atoms with Crippen LogP contribution in [0.1, 0.15) is 38.2 Å². The van der Waals surface area contributed by atoms with Crippen LogP contribution in [0, 0.1) is 12.3 Å². The minimum Gasteiger partial charge on any atom is -0.355 e. The normalized spacial score (nSPS) is 17.4. The van der Waals surface area contributed by atoms with Crippen molar-refractivity contribution in [3.8, 4) is 0 Å². The highest BCUT2D eigenvalue weighted by Crippen LogP contribution is 2.37. The Hall–Kier alpha value is -0.960. The zero-order valence-electron chi connectivity index (χ0n) is 11.9. The van der Waals surface area contributed by atoms with Crippen molar-refractivity contribution in [1.82, 2.24) is 5.32 Å². The van der Waals surface area contributed by atoms with E-state index in [0.717, 1.165) is 25.1 Å². The van der Waals surface area contributed by atoms with Gasteiger partial charge in [0.25, 0.3) is 0 Å². The molecular weight excluding hydrogens is 254 g/mol. The molecule has 2 nitrogen and oxygen atoms in total. The predicted molar refractivity (Wildman–Crippen MR) is 81.5 cm³/mol. The van der Waals surface area contributed by atoms with Crippen molar-refractivity contribution in [1.29, 1.82) is 0 Å². The van der Waals surface area contributed by atoms with E-state index in [1.54, 1.807) is 11.8 Å². The molecule has 1 N–H and O–H groups in total. The van der Waals surface area contributed by atoms with Crippen LogP contribution in [0.25, 0.3) is 0 Å². The summed E-state index contributed by atoms with van der Waals surface area (Å²) in [6.45, 7) is 4.95. The second kappa shape index (κ2) is 6.47. The summed E-state index contributed by atoms with van der Waals surface area (Å²) in [4.78, 5) is 13.4. The van der Waals surface area contributed by atoms with E-state index >= 15 is 0 Å². The van der Waals surface area contributed by atoms with Crippen molar-refractivity contribution in [3.63, 3.8) is 0 Å². The van der Waals surface area contributed by atoms with Crippen LogP contribution >= 0.6 is 11.8 Å². The minimum atomic E-state index is -0.103. The Balaban J connectivity index is 1.69. The molecule has 2 rings (SSSR count). The topological polar surface area (TPSA) is 29.1 Å². The van der Waals surface area contributed by atoms with E-state index in [1.165, 1.54) is 23.3 Å². The van der Waals surface area contributed by atoms with Gasteiger partial charge in [-0.15, -0.1) is 11.8 Å². The summed E-state index contributed by atoms with van der Waals surface area (Å²) in [6.07, 6.45) is 4.48. The van der Waals surface area contributed by atoms with Crippen molar-refractivity contribution < 1.29 is 4.79 Å². The van der Waals surface area contributed by atoms with Crippen LogP contribution in [0.3, 0.4) is 0 Å². The average molecular weight is 277 g/mol. The number of nitrogens with one attached hydrogen (secondary N) is 1. The van der Waals surface area contributed by atoms with E-state index in [4.69, 9.17) is 0 Å². The molecule has 1 aromatic rings. The number of hydrogen-bond acceptors (Lipinski definition) is 2. The van der Waals surface area contributed by atoms with E-state index in [9.17, 15) is 4.79 Å². The highest BCUT2D eigenvalue weighted by atomic mass is 32.2. The molecule has 0 heterocycles. The molecule has 0 bridgehead atoms. The van der Waals surface area contributed by atoms with Crippen LogP contribution in [0.15, 0.2) is 29.2 Å². The third-order valence-corrected chi connectivity index (χ3v) is 4.95. The van der Waals surface area contributed by atoms with Gasteiger partial charge in [-0.2, -0.15) is 0 Å². The average Bonchev–Trinajstić information content (AvgIpc) is 2.85. The third kappa shape index (κ3) is 4.00. The summed E-state index contributed by atoms with van der Waals surface area (Å²) in [7, 11) is 0. The highest BCUT2D eigenvalue weighted by Gasteiger charge is 2.35. The van der Waals surface area contributed by atoms with E-state index in [2.05, 4.69) is 43.4 Å². The first kappa shape index (κ1) is 14.4. The molecule has 19 heavy (non-hydrogen) atoms. The molecule has 0 saturated heterocycles. The fourth-order valence-corrected chi connectivity index (χ4v) is 3.33. The molecule has 0 aliphatic heterocycles. The Morgan fingerprint density at radius 1 is 1.26 bits per heavy atom. The Kier molecular flexibility index (Phi) is 4.92. The van der Waals surface area contributed by atoms with Crippen molar-refractivity contribution in [2.45, 2.75) is 44.4 Å². The van der Waals surface area contributed by atoms with E-state index in [1.807, 2.05) is 0 Å². The van der Waals surface area contributed by atoms with Gasteiger partial charge in [-0.05, 0) is 31.9 Å². The number of amides is 1. The molecule has 3 heteroatoms. The van der Waals surface area contributed by atoms with Gasteiger partial charge in [0.15, 0.2) is 0 Å². The van der Waals surface area contributed by atoms with Crippen LogP contribution in [0.5, 0.6) is 0 Å². The molecule has 0 atom stereocenters. The summed E-state index contributed by atoms with van der Waals surface area (Å²) in [5.74, 6) is 1.18. The summed E-state index contributed by atoms with van der Waals surface area (Å²) in [6, 6.07) is 8.53. The molecule has 0 radical (unpaired) electrons. The number of thioether (sulfide) groups is 1. The predicted octanol–water partition coefficient (Wildman–Crippen LogP) is 3.78. The maximum Gasteiger partial charge on any atom is 0.225 e. The second-order valence-corrected chi connectivity index (χ2v) is 6.85. The van der Waals surface area contributed by atoms with E-state index in [0.29, 0.717) is 0 Å². The van der Waals surface area contributed by atoms with Crippen molar-refractivity contribution in [3.05, 3.63) is 29.8 Å². The third-order valence-electron chi connectivity index (χ3n) is 3.93. The largest absolute Gasteiger partial charge is 0.355 e. The monoisotopic (exact) mass is 277 g/mol. The van der Waals surface area contributed by atoms with Gasteiger partial charge in [0.05, 0.1) is 0 Å². The number of carbonyl (C=O) groups is 1. The quantitative estimate of drug-likeness (QED) is 0.655. The molecular formula is C16H23NOS. The molecule has 1 aromatic carbocycles. The van der Waals surface area contributed by atoms with Crippen molar-refractivity contribution in [2.75, 3.05) is 12.3 Å². The van der Waals surface area contributed by atoms with Crippen LogP contribution < -0.4 is 5.32 Å². The van der Waals surface area contributed by atoms with Gasteiger partial charge in [0.1, 0.15) is 0 Å². The first-order valence-corrected chi connectivity index (χ1v) is 8.06. The molecule has 0 spiro atoms. The van der Waals surface area contributed by atoms with Crippen molar-refractivity contribution >= 4 is 17.7 Å². The number of rotatable bonds is 5. The van der Waals surface area contributed by atoms with E-state index in [-0.39, 0.29) is 11.3 Å². The van der Waals surface area contributed by atoms with Gasteiger partial charge >= 0.3 is 0 Å². The van der Waals surface area contributed by atoms with Gasteiger partial charge in [-0.1, -0.05) is 37.5 Å². The number of hydrogen-bond donors (Lipinski definition) is 1. The lowest BCUT2D eigenvalue weighted by atomic mass is 9.88.